The molecule has 0 fully saturated rings. The maximum atomic E-state index is 14.9. The number of aryl methyl sites for hydroxylation is 1. The number of hydrogen-bond donors (Lipinski definition) is 4. The molecule has 0 bridgehead atoms. The van der Waals surface area contributed by atoms with Gasteiger partial charge in [-0.3, -0.25) is 14.4 Å². The van der Waals surface area contributed by atoms with Crippen molar-refractivity contribution in [1.29, 1.82) is 0 Å². The quantitative estimate of drug-likeness (QED) is 0.0842. The van der Waals surface area contributed by atoms with Gasteiger partial charge in [0.15, 0.2) is 0 Å². The Kier molecular flexibility index (Phi) is 19.8. The van der Waals surface area contributed by atoms with Crippen LogP contribution in [0.4, 0.5) is 9.59 Å². The van der Waals surface area contributed by atoms with Gasteiger partial charge in [-0.2, -0.15) is 0 Å². The number of ether oxygens (including phenoxy) is 6. The maximum Gasteiger partial charge on any atom is 0.407 e. The fourth-order valence-electron chi connectivity index (χ4n) is 7.79. The van der Waals surface area contributed by atoms with Gasteiger partial charge in [-0.15, -0.1) is 0 Å². The van der Waals surface area contributed by atoms with Gasteiger partial charge in [-0.05, 0) is 85.4 Å². The van der Waals surface area contributed by atoms with E-state index in [0.29, 0.717) is 51.9 Å². The van der Waals surface area contributed by atoms with Gasteiger partial charge in [-0.25, -0.2) is 9.59 Å². The first kappa shape index (κ1) is 52.3. The van der Waals surface area contributed by atoms with Gasteiger partial charge in [0.1, 0.15) is 36.6 Å². The summed E-state index contributed by atoms with van der Waals surface area (Å²) in [7, 11) is 0. The summed E-state index contributed by atoms with van der Waals surface area (Å²) in [5.41, 5.74) is 3.59. The van der Waals surface area contributed by atoms with Crippen LogP contribution in [0.15, 0.2) is 72.8 Å². The number of nitrogens with one attached hydrogen (secondary N) is 4. The molecule has 1 heterocycles. The number of nitrogens with zero attached hydrogens (tertiary/aromatic N) is 1. The molecule has 1 aliphatic heterocycles. The summed E-state index contributed by atoms with van der Waals surface area (Å²) in [5, 5.41) is 11.6. The largest absolute Gasteiger partial charge is 0.491 e. The fourth-order valence-corrected chi connectivity index (χ4v) is 7.79. The summed E-state index contributed by atoms with van der Waals surface area (Å²) in [6.07, 6.45) is 1.80. The molecule has 0 saturated heterocycles. The first-order chi connectivity index (χ1) is 32.0. The molecule has 16 nitrogen and oxygen atoms in total. The standard InChI is InChI=1S/C51H71N5O11/c1-35(32-53-48(60)66-34-36-14-9-8-10-15-36)45(57)55-44(50(2,3)4)47(59)56-33-39-30-40(65-29-28-64-27-26-63-25-24-62-23-22-52-49(61)67-51(5,6)7)21-20-38(39)31-43(56)46(58)54-42-19-13-17-37-16-11-12-18-41(37)42/h8-12,14-16,18,20-21,30,35,42-44H,13,17,19,22-29,31-34H2,1-7H3,(H,52,61)(H,53,60)(H,54,58)(H,55,57)/t35-,42+,43-,44+/m0/s1. The Morgan fingerprint density at radius 1 is 0.746 bits per heavy atom. The van der Waals surface area contributed by atoms with Crippen LogP contribution in [0.1, 0.15) is 95.2 Å². The van der Waals surface area contributed by atoms with Crippen LogP contribution in [-0.4, -0.2) is 112 Å². The second-order valence-electron chi connectivity index (χ2n) is 19.0. The highest BCUT2D eigenvalue weighted by atomic mass is 16.6. The smallest absolute Gasteiger partial charge is 0.407 e. The summed E-state index contributed by atoms with van der Waals surface area (Å²) >= 11 is 0. The predicted octanol–water partition coefficient (Wildman–Crippen LogP) is 6.18. The van der Waals surface area contributed by atoms with Crippen molar-refractivity contribution in [1.82, 2.24) is 26.2 Å². The van der Waals surface area contributed by atoms with Gasteiger partial charge in [0.25, 0.3) is 0 Å². The molecular formula is C51H71N5O11. The SMILES string of the molecule is C[C@@H](CNC(=O)OCc1ccccc1)C(=O)N[C@H](C(=O)N1Cc2cc(OCCOCCOCCOCCNC(=O)OC(C)(C)C)ccc2C[C@H]1C(=O)N[C@@H]1CCCc2ccccc21)C(C)(C)C. The molecule has 5 rings (SSSR count). The van der Waals surface area contributed by atoms with Crippen LogP contribution in [0, 0.1) is 11.3 Å². The van der Waals surface area contributed by atoms with Gasteiger partial charge in [-0.1, -0.05) is 88.4 Å². The maximum absolute atomic E-state index is 14.9. The van der Waals surface area contributed by atoms with Crippen molar-refractivity contribution in [2.45, 2.75) is 111 Å². The fraction of sp³-hybridized carbons (Fsp3) is 0.549. The average Bonchev–Trinajstić information content (AvgIpc) is 3.29. The minimum atomic E-state index is -0.999. The van der Waals surface area contributed by atoms with E-state index in [1.165, 1.54) is 5.56 Å². The zero-order valence-electron chi connectivity index (χ0n) is 40.3. The van der Waals surface area contributed by atoms with Gasteiger partial charge in [0.2, 0.25) is 17.7 Å². The van der Waals surface area contributed by atoms with Crippen molar-refractivity contribution in [2.75, 3.05) is 59.3 Å². The zero-order chi connectivity index (χ0) is 48.4. The van der Waals surface area contributed by atoms with Crippen molar-refractivity contribution in [3.05, 3.63) is 101 Å². The Balaban J connectivity index is 1.16. The van der Waals surface area contributed by atoms with E-state index in [4.69, 9.17) is 28.4 Å². The number of carbonyl (C=O) groups excluding carboxylic acids is 5. The predicted molar refractivity (Wildman–Crippen MR) is 252 cm³/mol. The van der Waals surface area contributed by atoms with Crippen LogP contribution in [0.25, 0.3) is 0 Å². The Bertz CT molecular complexity index is 2090. The molecule has 16 heteroatoms. The third kappa shape index (κ3) is 17.2. The summed E-state index contributed by atoms with van der Waals surface area (Å²) in [5.74, 6) is -1.17. The number of amides is 5. The van der Waals surface area contributed by atoms with Gasteiger partial charge in [0.05, 0.1) is 51.6 Å². The van der Waals surface area contributed by atoms with Crippen molar-refractivity contribution in [2.24, 2.45) is 11.3 Å². The van der Waals surface area contributed by atoms with Crippen LogP contribution >= 0.6 is 0 Å². The molecule has 67 heavy (non-hydrogen) atoms. The van der Waals surface area contributed by atoms with Crippen LogP contribution in [0.2, 0.25) is 0 Å². The van der Waals surface area contributed by atoms with Gasteiger partial charge >= 0.3 is 12.2 Å². The third-order valence-corrected chi connectivity index (χ3v) is 11.3. The van der Waals surface area contributed by atoms with Gasteiger partial charge in [0, 0.05) is 26.1 Å². The Morgan fingerprint density at radius 3 is 2.12 bits per heavy atom. The molecule has 3 aromatic rings. The molecule has 1 aliphatic carbocycles. The average molecular weight is 930 g/mol. The number of hydrogen-bond acceptors (Lipinski definition) is 11. The summed E-state index contributed by atoms with van der Waals surface area (Å²) in [6.45, 7) is 15.7. The zero-order valence-corrected chi connectivity index (χ0v) is 40.3. The molecule has 0 radical (unpaired) electrons. The Morgan fingerprint density at radius 2 is 1.42 bits per heavy atom. The number of benzene rings is 3. The van der Waals surface area contributed by atoms with E-state index in [9.17, 15) is 24.0 Å². The lowest BCUT2D eigenvalue weighted by atomic mass is 9.83. The number of rotatable bonds is 22. The normalized spacial score (nSPS) is 16.6. The Hall–Kier alpha value is -5.71. The molecule has 4 atom stereocenters. The molecule has 0 spiro atoms. The molecule has 3 aromatic carbocycles. The van der Waals surface area contributed by atoms with Crippen LogP contribution in [0.5, 0.6) is 5.75 Å². The second-order valence-corrected chi connectivity index (χ2v) is 19.0. The van der Waals surface area contributed by atoms with E-state index in [-0.39, 0.29) is 50.6 Å². The minimum Gasteiger partial charge on any atom is -0.491 e. The van der Waals surface area contributed by atoms with Crippen LogP contribution in [-0.2, 0) is 64.1 Å². The van der Waals surface area contributed by atoms with Crippen molar-refractivity contribution >= 4 is 29.9 Å². The van der Waals surface area contributed by atoms with Crippen molar-refractivity contribution < 1.29 is 52.4 Å². The lowest BCUT2D eigenvalue weighted by Gasteiger charge is -2.42. The lowest BCUT2D eigenvalue weighted by molar-refractivity contribution is -0.147. The molecular weight excluding hydrogens is 859 g/mol. The van der Waals surface area contributed by atoms with Crippen molar-refractivity contribution in [3.8, 4) is 5.75 Å². The topological polar surface area (TPSA) is 192 Å². The highest BCUT2D eigenvalue weighted by molar-refractivity contribution is 5.94. The summed E-state index contributed by atoms with van der Waals surface area (Å²) in [4.78, 5) is 68.8. The Labute approximate surface area is 395 Å². The first-order valence-corrected chi connectivity index (χ1v) is 23.4. The third-order valence-electron chi connectivity index (χ3n) is 11.3. The van der Waals surface area contributed by atoms with E-state index in [2.05, 4.69) is 33.4 Å². The van der Waals surface area contributed by atoms with E-state index in [1.54, 1.807) is 32.6 Å². The molecule has 0 saturated carbocycles. The van der Waals surface area contributed by atoms with Crippen LogP contribution in [0.3, 0.4) is 0 Å². The van der Waals surface area contributed by atoms with E-state index >= 15 is 0 Å². The summed E-state index contributed by atoms with van der Waals surface area (Å²) in [6, 6.07) is 21.1. The second kappa shape index (κ2) is 25.4. The first-order valence-electron chi connectivity index (χ1n) is 23.4. The molecule has 366 valence electrons. The number of carbonyl (C=O) groups is 5. The molecule has 0 unspecified atom stereocenters. The van der Waals surface area contributed by atoms with Crippen molar-refractivity contribution in [3.63, 3.8) is 0 Å². The van der Waals surface area contributed by atoms with Gasteiger partial charge < -0.3 is 54.6 Å². The molecule has 2 aliphatic rings. The number of alkyl carbamates (subject to hydrolysis) is 2. The molecule has 0 aromatic heterocycles. The molecule has 4 N–H and O–H groups in total. The monoisotopic (exact) mass is 930 g/mol. The van der Waals surface area contributed by atoms with E-state index < -0.39 is 47.1 Å². The lowest BCUT2D eigenvalue weighted by Crippen LogP contribution is -2.61. The highest BCUT2D eigenvalue weighted by Gasteiger charge is 2.43. The van der Waals surface area contributed by atoms with Crippen LogP contribution < -0.4 is 26.0 Å². The molecule has 5 amide bonds. The highest BCUT2D eigenvalue weighted by Crippen LogP contribution is 2.33. The van der Waals surface area contributed by atoms with E-state index in [1.807, 2.05) is 81.4 Å². The minimum absolute atomic E-state index is 0.00820. The van der Waals surface area contributed by atoms with E-state index in [0.717, 1.165) is 41.5 Å². The summed E-state index contributed by atoms with van der Waals surface area (Å²) < 4.78 is 33.3. The number of fused-ring (bicyclic) bond motifs is 2.